The van der Waals surface area contributed by atoms with Crippen LogP contribution in [0.25, 0.3) is 11.4 Å². The lowest BCUT2D eigenvalue weighted by atomic mass is 10.0. The maximum absolute atomic E-state index is 13.9. The molecule has 0 saturated heterocycles. The number of rotatable bonds is 7. The molecule has 1 unspecified atom stereocenters. The molecule has 0 radical (unpaired) electrons. The van der Waals surface area contributed by atoms with Gasteiger partial charge in [0.2, 0.25) is 5.95 Å². The van der Waals surface area contributed by atoms with E-state index in [2.05, 4.69) is 15.1 Å². The molecule has 9 heteroatoms. The summed E-state index contributed by atoms with van der Waals surface area (Å²) < 4.78 is 21.2. The van der Waals surface area contributed by atoms with Crippen molar-refractivity contribution in [3.05, 3.63) is 52.6 Å². The normalized spacial score (nSPS) is 12.2. The highest BCUT2D eigenvalue weighted by Gasteiger charge is 2.17. The van der Waals surface area contributed by atoms with E-state index in [0.29, 0.717) is 35.5 Å². The van der Waals surface area contributed by atoms with Crippen LogP contribution < -0.4 is 10.5 Å². The van der Waals surface area contributed by atoms with Crippen LogP contribution in [0.1, 0.15) is 24.5 Å². The van der Waals surface area contributed by atoms with E-state index >= 15 is 0 Å². The number of nitrogens with zero attached hydrogens (tertiary/aromatic N) is 4. The lowest BCUT2D eigenvalue weighted by Gasteiger charge is -2.14. The lowest BCUT2D eigenvalue weighted by molar-refractivity contribution is 0.104. The highest BCUT2D eigenvalue weighted by atomic mass is 35.5. The largest absolute Gasteiger partial charge is 0.491 e. The van der Waals surface area contributed by atoms with Crippen molar-refractivity contribution in [2.75, 3.05) is 12.3 Å². The van der Waals surface area contributed by atoms with Gasteiger partial charge in [0.15, 0.2) is 0 Å². The van der Waals surface area contributed by atoms with Crippen LogP contribution in [0.5, 0.6) is 5.75 Å². The SMILES string of the molecule is CCC(O)COc1ccc(F)cc1Cc1cn(C)nc1-c1cc(Cl)nc(N)n1. The average molecular weight is 406 g/mol. The summed E-state index contributed by atoms with van der Waals surface area (Å²) in [5, 5.41) is 14.4. The van der Waals surface area contributed by atoms with Crippen molar-refractivity contribution in [2.45, 2.75) is 25.9 Å². The molecule has 0 spiro atoms. The maximum Gasteiger partial charge on any atom is 0.222 e. The Balaban J connectivity index is 1.95. The second-order valence-corrected chi connectivity index (χ2v) is 6.80. The van der Waals surface area contributed by atoms with Gasteiger partial charge in [-0.05, 0) is 24.6 Å². The molecule has 2 aromatic heterocycles. The van der Waals surface area contributed by atoms with Crippen LogP contribution in [0.3, 0.4) is 0 Å². The fraction of sp³-hybridized carbons (Fsp3) is 0.316. The van der Waals surface area contributed by atoms with Crippen molar-refractivity contribution in [3.63, 3.8) is 0 Å². The summed E-state index contributed by atoms with van der Waals surface area (Å²) in [7, 11) is 1.78. The third-order valence-corrected chi connectivity index (χ3v) is 4.36. The predicted molar refractivity (Wildman–Crippen MR) is 105 cm³/mol. The van der Waals surface area contributed by atoms with E-state index in [1.165, 1.54) is 12.1 Å². The van der Waals surface area contributed by atoms with Crippen molar-refractivity contribution in [3.8, 4) is 17.1 Å². The highest BCUT2D eigenvalue weighted by molar-refractivity contribution is 6.29. The summed E-state index contributed by atoms with van der Waals surface area (Å²) >= 11 is 5.99. The van der Waals surface area contributed by atoms with Gasteiger partial charge in [-0.25, -0.2) is 14.4 Å². The van der Waals surface area contributed by atoms with Gasteiger partial charge in [0.25, 0.3) is 0 Å². The number of halogens is 2. The number of benzene rings is 1. The van der Waals surface area contributed by atoms with E-state index in [-0.39, 0.29) is 23.5 Å². The molecule has 0 aliphatic heterocycles. The van der Waals surface area contributed by atoms with Crippen LogP contribution in [0.4, 0.5) is 10.3 Å². The zero-order chi connectivity index (χ0) is 20.3. The van der Waals surface area contributed by atoms with Gasteiger partial charge in [-0.15, -0.1) is 0 Å². The van der Waals surface area contributed by atoms with Crippen molar-refractivity contribution < 1.29 is 14.2 Å². The van der Waals surface area contributed by atoms with Crippen LogP contribution in [0, 0.1) is 5.82 Å². The Morgan fingerprint density at radius 3 is 2.79 bits per heavy atom. The minimum Gasteiger partial charge on any atom is -0.491 e. The molecule has 0 saturated carbocycles. The number of aliphatic hydroxyl groups is 1. The minimum absolute atomic E-state index is 0.0439. The number of nitrogen functional groups attached to an aromatic ring is 1. The summed E-state index contributed by atoms with van der Waals surface area (Å²) in [6, 6.07) is 5.87. The summed E-state index contributed by atoms with van der Waals surface area (Å²) in [4.78, 5) is 8.06. The topological polar surface area (TPSA) is 99.1 Å². The molecule has 2 heterocycles. The highest BCUT2D eigenvalue weighted by Crippen LogP contribution is 2.29. The van der Waals surface area contributed by atoms with Crippen molar-refractivity contribution in [1.82, 2.24) is 19.7 Å². The fourth-order valence-electron chi connectivity index (χ4n) is 2.78. The third kappa shape index (κ3) is 4.76. The van der Waals surface area contributed by atoms with E-state index < -0.39 is 6.10 Å². The standard InChI is InChI=1S/C19H21ClFN5O2/c1-3-14(27)10-28-16-5-4-13(21)7-11(16)6-12-9-26(2)25-18(12)15-8-17(20)24-19(22)23-15/h4-5,7-9,14,27H,3,6,10H2,1-2H3,(H2,22,23,24). The minimum atomic E-state index is -0.585. The van der Waals surface area contributed by atoms with Gasteiger partial charge >= 0.3 is 0 Å². The monoisotopic (exact) mass is 405 g/mol. The Morgan fingerprint density at radius 2 is 2.07 bits per heavy atom. The molecule has 0 amide bonds. The molecule has 0 bridgehead atoms. The second-order valence-electron chi connectivity index (χ2n) is 6.41. The molecule has 0 aliphatic rings. The Bertz CT molecular complexity index is 959. The number of hydrogen-bond acceptors (Lipinski definition) is 6. The van der Waals surface area contributed by atoms with Gasteiger partial charge in [0.1, 0.15) is 29.0 Å². The maximum atomic E-state index is 13.9. The van der Waals surface area contributed by atoms with E-state index in [4.69, 9.17) is 22.1 Å². The van der Waals surface area contributed by atoms with Crippen LogP contribution in [-0.2, 0) is 13.5 Å². The van der Waals surface area contributed by atoms with Gasteiger partial charge in [-0.3, -0.25) is 4.68 Å². The molecular weight excluding hydrogens is 385 g/mol. The number of aromatic nitrogens is 4. The predicted octanol–water partition coefficient (Wildman–Crippen LogP) is 2.99. The Kier molecular flexibility index (Phi) is 6.11. The van der Waals surface area contributed by atoms with Crippen molar-refractivity contribution in [2.24, 2.45) is 7.05 Å². The number of aliphatic hydroxyl groups excluding tert-OH is 1. The average Bonchev–Trinajstić information content (AvgIpc) is 3.00. The molecule has 1 atom stereocenters. The van der Waals surface area contributed by atoms with Gasteiger partial charge < -0.3 is 15.6 Å². The summed E-state index contributed by atoms with van der Waals surface area (Å²) in [6.07, 6.45) is 2.15. The summed E-state index contributed by atoms with van der Waals surface area (Å²) in [5.41, 5.74) is 8.17. The first-order valence-electron chi connectivity index (χ1n) is 8.78. The van der Waals surface area contributed by atoms with Gasteiger partial charge in [-0.1, -0.05) is 18.5 Å². The first kappa shape index (κ1) is 20.0. The zero-order valence-corrected chi connectivity index (χ0v) is 16.3. The molecule has 1 aromatic carbocycles. The lowest BCUT2D eigenvalue weighted by Crippen LogP contribution is -2.16. The first-order valence-corrected chi connectivity index (χ1v) is 9.15. The Morgan fingerprint density at radius 1 is 1.29 bits per heavy atom. The van der Waals surface area contributed by atoms with Crippen molar-refractivity contribution >= 4 is 17.5 Å². The number of anilines is 1. The second kappa shape index (κ2) is 8.53. The Hall–Kier alpha value is -2.71. The summed E-state index contributed by atoms with van der Waals surface area (Å²) in [5.74, 6) is 0.171. The van der Waals surface area contributed by atoms with E-state index in [0.717, 1.165) is 5.56 Å². The van der Waals surface area contributed by atoms with E-state index in [9.17, 15) is 9.50 Å². The number of aryl methyl sites for hydroxylation is 1. The molecule has 3 rings (SSSR count). The van der Waals surface area contributed by atoms with Gasteiger partial charge in [0, 0.05) is 36.9 Å². The molecule has 3 aromatic rings. The fourth-order valence-corrected chi connectivity index (χ4v) is 2.97. The van der Waals surface area contributed by atoms with E-state index in [1.807, 2.05) is 13.1 Å². The molecular formula is C19H21ClFN5O2. The third-order valence-electron chi connectivity index (χ3n) is 4.17. The van der Waals surface area contributed by atoms with Gasteiger partial charge in [0.05, 0.1) is 11.8 Å². The van der Waals surface area contributed by atoms with Crippen LogP contribution in [-0.4, -0.2) is 37.6 Å². The number of hydrogen-bond donors (Lipinski definition) is 2. The number of ether oxygens (including phenoxy) is 1. The molecule has 7 nitrogen and oxygen atoms in total. The van der Waals surface area contributed by atoms with Gasteiger partial charge in [-0.2, -0.15) is 5.10 Å². The molecule has 148 valence electrons. The summed E-state index contributed by atoms with van der Waals surface area (Å²) in [6.45, 7) is 1.99. The number of nitrogens with two attached hydrogens (primary N) is 1. The first-order chi connectivity index (χ1) is 13.4. The Labute approximate surface area is 166 Å². The molecule has 0 fully saturated rings. The van der Waals surface area contributed by atoms with Crippen LogP contribution in [0.2, 0.25) is 5.15 Å². The van der Waals surface area contributed by atoms with Crippen molar-refractivity contribution in [1.29, 1.82) is 0 Å². The van der Waals surface area contributed by atoms with Crippen LogP contribution in [0.15, 0.2) is 30.5 Å². The zero-order valence-electron chi connectivity index (χ0n) is 15.6. The smallest absolute Gasteiger partial charge is 0.222 e. The van der Waals surface area contributed by atoms with E-state index in [1.54, 1.807) is 23.9 Å². The quantitative estimate of drug-likeness (QED) is 0.586. The molecule has 3 N–H and O–H groups in total. The molecule has 0 aliphatic carbocycles. The molecule has 28 heavy (non-hydrogen) atoms. The van der Waals surface area contributed by atoms with Crippen LogP contribution >= 0.6 is 11.6 Å².